The number of nitrogens with zero attached hydrogens (tertiary/aromatic N) is 3. The highest BCUT2D eigenvalue weighted by Crippen LogP contribution is 2.25. The minimum atomic E-state index is 0.204. The summed E-state index contributed by atoms with van der Waals surface area (Å²) in [5, 5.41) is 5.19. The van der Waals surface area contributed by atoms with Crippen LogP contribution in [0.2, 0.25) is 10.0 Å². The minimum Gasteiger partial charge on any atom is -0.366 e. The van der Waals surface area contributed by atoms with E-state index in [9.17, 15) is 0 Å². The average molecular weight is 322 g/mol. The van der Waals surface area contributed by atoms with Crippen LogP contribution in [0.25, 0.3) is 0 Å². The fourth-order valence-electron chi connectivity index (χ4n) is 1.27. The van der Waals surface area contributed by atoms with Crippen molar-refractivity contribution in [3.63, 3.8) is 0 Å². The van der Waals surface area contributed by atoms with Crippen molar-refractivity contribution in [1.29, 1.82) is 0 Å². The fraction of sp³-hybridized carbons (Fsp3) is 0.111. The summed E-state index contributed by atoms with van der Waals surface area (Å²) in [5.41, 5.74) is 6.26. The highest BCUT2D eigenvalue weighted by molar-refractivity contribution is 9.10. The first-order valence-corrected chi connectivity index (χ1v) is 5.91. The summed E-state index contributed by atoms with van der Waals surface area (Å²) in [7, 11) is 0. The van der Waals surface area contributed by atoms with E-state index in [0.29, 0.717) is 21.3 Å². The molecule has 0 aliphatic carbocycles. The number of nitrogens with two attached hydrogens (primary N) is 1. The number of hydrogen-bond donors (Lipinski definition) is 1. The van der Waals surface area contributed by atoms with Crippen molar-refractivity contribution in [2.75, 3.05) is 5.73 Å². The van der Waals surface area contributed by atoms with Crippen LogP contribution in [0.15, 0.2) is 22.9 Å². The number of halogens is 3. The first-order chi connectivity index (χ1) is 7.58. The molecule has 84 valence electrons. The molecule has 16 heavy (non-hydrogen) atoms. The zero-order chi connectivity index (χ0) is 11.7. The first kappa shape index (κ1) is 11.7. The van der Waals surface area contributed by atoms with Gasteiger partial charge in [-0.3, -0.25) is 0 Å². The van der Waals surface area contributed by atoms with Gasteiger partial charge in [0.15, 0.2) is 4.73 Å². The number of hydrogen-bond acceptors (Lipinski definition) is 3. The molecule has 2 N–H and O–H groups in total. The van der Waals surface area contributed by atoms with Crippen LogP contribution in [0.1, 0.15) is 5.56 Å². The van der Waals surface area contributed by atoms with Crippen molar-refractivity contribution >= 4 is 45.1 Å². The molecule has 7 heteroatoms. The minimum absolute atomic E-state index is 0.204. The second kappa shape index (κ2) is 4.61. The second-order valence-electron chi connectivity index (χ2n) is 3.10. The van der Waals surface area contributed by atoms with Gasteiger partial charge in [0, 0.05) is 15.6 Å². The van der Waals surface area contributed by atoms with Crippen LogP contribution in [-0.2, 0) is 6.54 Å². The molecule has 0 aliphatic rings. The molecule has 0 saturated heterocycles. The van der Waals surface area contributed by atoms with Gasteiger partial charge in [-0.05, 0) is 28.1 Å². The van der Waals surface area contributed by atoms with Gasteiger partial charge in [-0.1, -0.05) is 29.3 Å². The van der Waals surface area contributed by atoms with Crippen LogP contribution in [0.5, 0.6) is 0 Å². The third-order valence-electron chi connectivity index (χ3n) is 2.01. The van der Waals surface area contributed by atoms with E-state index in [1.807, 2.05) is 0 Å². The maximum absolute atomic E-state index is 6.05. The Bertz CT molecular complexity index is 506. The van der Waals surface area contributed by atoms with E-state index in [1.54, 1.807) is 22.9 Å². The van der Waals surface area contributed by atoms with Crippen molar-refractivity contribution in [2.24, 2.45) is 0 Å². The van der Waals surface area contributed by atoms with Crippen LogP contribution < -0.4 is 5.73 Å². The maximum atomic E-state index is 6.05. The van der Waals surface area contributed by atoms with E-state index in [4.69, 9.17) is 28.9 Å². The molecule has 0 bridgehead atoms. The van der Waals surface area contributed by atoms with Gasteiger partial charge in [-0.2, -0.15) is 4.98 Å². The van der Waals surface area contributed by atoms with Gasteiger partial charge in [0.1, 0.15) is 0 Å². The van der Waals surface area contributed by atoms with E-state index in [2.05, 4.69) is 26.0 Å². The molecule has 0 atom stereocenters. The van der Waals surface area contributed by atoms with Crippen LogP contribution in [-0.4, -0.2) is 14.8 Å². The smallest absolute Gasteiger partial charge is 0.240 e. The van der Waals surface area contributed by atoms with E-state index in [1.165, 1.54) is 0 Å². The van der Waals surface area contributed by atoms with Gasteiger partial charge in [-0.25, -0.2) is 4.68 Å². The Kier molecular flexibility index (Phi) is 3.37. The molecule has 0 fully saturated rings. The van der Waals surface area contributed by atoms with Crippen LogP contribution >= 0.6 is 39.1 Å². The van der Waals surface area contributed by atoms with Crippen molar-refractivity contribution in [2.45, 2.75) is 6.54 Å². The molecule has 0 spiro atoms. The predicted molar refractivity (Wildman–Crippen MR) is 67.7 cm³/mol. The topological polar surface area (TPSA) is 56.7 Å². The summed E-state index contributed by atoms with van der Waals surface area (Å²) in [6, 6.07) is 5.34. The summed E-state index contributed by atoms with van der Waals surface area (Å²) < 4.78 is 2.13. The molecule has 0 unspecified atom stereocenters. The Hall–Kier alpha value is -0.780. The second-order valence-corrected chi connectivity index (χ2v) is 4.62. The van der Waals surface area contributed by atoms with Gasteiger partial charge in [0.2, 0.25) is 5.95 Å². The highest BCUT2D eigenvalue weighted by atomic mass is 79.9. The average Bonchev–Trinajstić information content (AvgIpc) is 2.51. The molecule has 1 aromatic carbocycles. The van der Waals surface area contributed by atoms with E-state index >= 15 is 0 Å². The zero-order valence-electron chi connectivity index (χ0n) is 7.99. The van der Waals surface area contributed by atoms with Crippen molar-refractivity contribution in [3.8, 4) is 0 Å². The molecule has 2 aromatic rings. The SMILES string of the molecule is Nc1nc(Br)n(Cc2c(Cl)cccc2Cl)n1. The van der Waals surface area contributed by atoms with Gasteiger partial charge in [-0.15, -0.1) is 5.10 Å². The van der Waals surface area contributed by atoms with E-state index in [-0.39, 0.29) is 5.95 Å². The van der Waals surface area contributed by atoms with Gasteiger partial charge < -0.3 is 5.73 Å². The number of rotatable bonds is 2. The lowest BCUT2D eigenvalue weighted by Crippen LogP contribution is -2.04. The Morgan fingerprint density at radius 1 is 1.31 bits per heavy atom. The third-order valence-corrected chi connectivity index (χ3v) is 3.31. The lowest BCUT2D eigenvalue weighted by molar-refractivity contribution is 0.670. The van der Waals surface area contributed by atoms with Gasteiger partial charge in [0.25, 0.3) is 0 Å². The van der Waals surface area contributed by atoms with Crippen molar-refractivity contribution < 1.29 is 0 Å². The summed E-state index contributed by atoms with van der Waals surface area (Å²) in [5.74, 6) is 0.204. The zero-order valence-corrected chi connectivity index (χ0v) is 11.1. The molecule has 2 rings (SSSR count). The van der Waals surface area contributed by atoms with Crippen LogP contribution in [0.4, 0.5) is 5.95 Å². The Morgan fingerprint density at radius 3 is 2.44 bits per heavy atom. The first-order valence-electron chi connectivity index (χ1n) is 4.36. The maximum Gasteiger partial charge on any atom is 0.240 e. The monoisotopic (exact) mass is 320 g/mol. The van der Waals surface area contributed by atoms with Gasteiger partial charge in [0.05, 0.1) is 6.54 Å². The molecule has 1 aromatic heterocycles. The summed E-state index contributed by atoms with van der Waals surface area (Å²) in [6.07, 6.45) is 0. The van der Waals surface area contributed by atoms with Gasteiger partial charge >= 0.3 is 0 Å². The van der Waals surface area contributed by atoms with Crippen LogP contribution in [0, 0.1) is 0 Å². The molecule has 1 heterocycles. The Morgan fingerprint density at radius 2 is 1.94 bits per heavy atom. The molecular formula is C9H7BrCl2N4. The summed E-state index contributed by atoms with van der Waals surface area (Å²) in [4.78, 5) is 3.93. The summed E-state index contributed by atoms with van der Waals surface area (Å²) >= 11 is 15.3. The largest absolute Gasteiger partial charge is 0.366 e. The standard InChI is InChI=1S/C9H7BrCl2N4/c10-8-14-9(13)15-16(8)4-5-6(11)2-1-3-7(5)12/h1-3H,4H2,(H2,13,15). The molecule has 0 saturated carbocycles. The van der Waals surface area contributed by atoms with Crippen molar-refractivity contribution in [1.82, 2.24) is 14.8 Å². The molecule has 0 amide bonds. The van der Waals surface area contributed by atoms with E-state index < -0.39 is 0 Å². The predicted octanol–water partition coefficient (Wildman–Crippen LogP) is 2.98. The molecular weight excluding hydrogens is 315 g/mol. The third kappa shape index (κ3) is 2.31. The highest BCUT2D eigenvalue weighted by Gasteiger charge is 2.10. The van der Waals surface area contributed by atoms with Crippen LogP contribution in [0.3, 0.4) is 0 Å². The quantitative estimate of drug-likeness (QED) is 0.925. The molecule has 4 nitrogen and oxygen atoms in total. The van der Waals surface area contributed by atoms with Crippen molar-refractivity contribution in [3.05, 3.63) is 38.5 Å². The Balaban J connectivity index is 2.37. The number of nitrogen functional groups attached to an aromatic ring is 1. The Labute approximate surface area is 110 Å². The lowest BCUT2D eigenvalue weighted by atomic mass is 10.2. The van der Waals surface area contributed by atoms with E-state index in [0.717, 1.165) is 5.56 Å². The number of anilines is 1. The number of benzene rings is 1. The normalized spacial score (nSPS) is 10.7. The summed E-state index contributed by atoms with van der Waals surface area (Å²) in [6.45, 7) is 0.420. The molecule has 0 aliphatic heterocycles. The molecule has 0 radical (unpaired) electrons. The fourth-order valence-corrected chi connectivity index (χ4v) is 2.18. The number of aromatic nitrogens is 3. The lowest BCUT2D eigenvalue weighted by Gasteiger charge is -2.06.